The monoisotopic (exact) mass is 444 g/mol. The van der Waals surface area contributed by atoms with E-state index in [2.05, 4.69) is 16.1 Å². The summed E-state index contributed by atoms with van der Waals surface area (Å²) >= 11 is 0. The molecule has 31 heavy (non-hydrogen) atoms. The van der Waals surface area contributed by atoms with Crippen LogP contribution in [-0.2, 0) is 30.8 Å². The minimum absolute atomic E-state index is 0.0576. The predicted molar refractivity (Wildman–Crippen MR) is 117 cm³/mol. The van der Waals surface area contributed by atoms with Gasteiger partial charge in [-0.3, -0.25) is 9.59 Å². The van der Waals surface area contributed by atoms with Crippen molar-refractivity contribution in [2.24, 2.45) is 5.92 Å². The van der Waals surface area contributed by atoms with Gasteiger partial charge in [0.05, 0.1) is 10.9 Å². The van der Waals surface area contributed by atoms with Crippen LogP contribution in [0.25, 0.3) is 0 Å². The molecule has 0 spiro atoms. The molecule has 0 saturated heterocycles. The smallest absolute Gasteiger partial charge is 0.324 e. The molecule has 1 aliphatic rings. The normalized spacial score (nSPS) is 16.9. The van der Waals surface area contributed by atoms with Gasteiger partial charge in [-0.1, -0.05) is 56.3 Å². The van der Waals surface area contributed by atoms with Crippen molar-refractivity contribution in [2.45, 2.75) is 50.1 Å². The SMILES string of the molecule is CC(C)[C@H](NS(=O)(=O)c1ccccc1)C(=O)OCC(=O)N[C@H]1CCCc2ccccc21. The van der Waals surface area contributed by atoms with E-state index in [1.165, 1.54) is 17.7 Å². The Balaban J connectivity index is 1.59. The number of hydrogen-bond acceptors (Lipinski definition) is 5. The predicted octanol–water partition coefficient (Wildman–Crippen LogP) is 2.73. The summed E-state index contributed by atoms with van der Waals surface area (Å²) in [4.78, 5) is 25.0. The summed E-state index contributed by atoms with van der Waals surface area (Å²) in [6.45, 7) is 2.95. The Kier molecular flexibility index (Phi) is 7.46. The highest BCUT2D eigenvalue weighted by Gasteiger charge is 2.30. The average molecular weight is 445 g/mol. The van der Waals surface area contributed by atoms with Gasteiger partial charge in [0.1, 0.15) is 6.04 Å². The fraction of sp³-hybridized carbons (Fsp3) is 0.391. The molecule has 0 fully saturated rings. The van der Waals surface area contributed by atoms with Crippen LogP contribution in [0.1, 0.15) is 43.9 Å². The number of esters is 1. The van der Waals surface area contributed by atoms with Gasteiger partial charge in [-0.15, -0.1) is 0 Å². The number of sulfonamides is 1. The molecule has 1 amide bonds. The molecule has 0 radical (unpaired) electrons. The van der Waals surface area contributed by atoms with Gasteiger partial charge in [0.15, 0.2) is 6.61 Å². The van der Waals surface area contributed by atoms with Gasteiger partial charge >= 0.3 is 5.97 Å². The van der Waals surface area contributed by atoms with Gasteiger partial charge in [-0.05, 0) is 48.4 Å². The third kappa shape index (κ3) is 5.92. The van der Waals surface area contributed by atoms with Crippen LogP contribution in [0.4, 0.5) is 0 Å². The molecule has 1 aliphatic carbocycles. The van der Waals surface area contributed by atoms with Crippen LogP contribution in [0.2, 0.25) is 0 Å². The van der Waals surface area contributed by atoms with Crippen LogP contribution in [-0.4, -0.2) is 32.9 Å². The second-order valence-electron chi connectivity index (χ2n) is 7.97. The average Bonchev–Trinajstić information content (AvgIpc) is 2.76. The van der Waals surface area contributed by atoms with E-state index >= 15 is 0 Å². The lowest BCUT2D eigenvalue weighted by molar-refractivity contribution is -0.151. The Morgan fingerprint density at radius 2 is 1.74 bits per heavy atom. The van der Waals surface area contributed by atoms with E-state index in [9.17, 15) is 18.0 Å². The highest BCUT2D eigenvalue weighted by molar-refractivity contribution is 7.89. The topological polar surface area (TPSA) is 102 Å². The molecule has 0 heterocycles. The van der Waals surface area contributed by atoms with Crippen molar-refractivity contribution in [3.8, 4) is 0 Å². The zero-order valence-corrected chi connectivity index (χ0v) is 18.5. The molecule has 7 nitrogen and oxygen atoms in total. The van der Waals surface area contributed by atoms with Crippen LogP contribution in [0.3, 0.4) is 0 Å². The number of carbonyl (C=O) groups is 2. The second kappa shape index (κ2) is 10.1. The first-order valence-corrected chi connectivity index (χ1v) is 11.9. The van der Waals surface area contributed by atoms with Crippen LogP contribution in [0.15, 0.2) is 59.5 Å². The molecule has 2 aromatic carbocycles. The fourth-order valence-electron chi connectivity index (χ4n) is 3.66. The maximum absolute atomic E-state index is 12.6. The van der Waals surface area contributed by atoms with Gasteiger partial charge in [0, 0.05) is 0 Å². The molecular weight excluding hydrogens is 416 g/mol. The highest BCUT2D eigenvalue weighted by Crippen LogP contribution is 2.29. The van der Waals surface area contributed by atoms with E-state index in [0.29, 0.717) is 0 Å². The third-order valence-electron chi connectivity index (χ3n) is 5.31. The first-order valence-electron chi connectivity index (χ1n) is 10.4. The molecule has 0 bridgehead atoms. The molecule has 0 unspecified atom stereocenters. The van der Waals surface area contributed by atoms with Crippen molar-refractivity contribution >= 4 is 21.9 Å². The van der Waals surface area contributed by atoms with Gasteiger partial charge in [0.25, 0.3) is 5.91 Å². The van der Waals surface area contributed by atoms with Crippen LogP contribution < -0.4 is 10.0 Å². The minimum atomic E-state index is -3.90. The first kappa shape index (κ1) is 23.0. The molecule has 166 valence electrons. The minimum Gasteiger partial charge on any atom is -0.454 e. The molecule has 0 aliphatic heterocycles. The van der Waals surface area contributed by atoms with Crippen molar-refractivity contribution in [3.05, 3.63) is 65.7 Å². The van der Waals surface area contributed by atoms with Gasteiger partial charge in [0.2, 0.25) is 10.0 Å². The molecule has 2 aromatic rings. The second-order valence-corrected chi connectivity index (χ2v) is 9.69. The number of hydrogen-bond donors (Lipinski definition) is 2. The van der Waals surface area contributed by atoms with Crippen LogP contribution >= 0.6 is 0 Å². The molecule has 2 N–H and O–H groups in total. The quantitative estimate of drug-likeness (QED) is 0.610. The van der Waals surface area contributed by atoms with E-state index in [0.717, 1.165) is 24.8 Å². The lowest BCUT2D eigenvalue weighted by Gasteiger charge is -2.26. The number of nitrogens with one attached hydrogen (secondary N) is 2. The number of amides is 1. The number of benzene rings is 2. The molecule has 3 rings (SSSR count). The molecular formula is C23H28N2O5S. The van der Waals surface area contributed by atoms with Gasteiger partial charge < -0.3 is 10.1 Å². The van der Waals surface area contributed by atoms with E-state index < -0.39 is 34.5 Å². The summed E-state index contributed by atoms with van der Waals surface area (Å²) < 4.78 is 32.7. The lowest BCUT2D eigenvalue weighted by Crippen LogP contribution is -2.46. The Bertz CT molecular complexity index is 1020. The zero-order chi connectivity index (χ0) is 22.4. The third-order valence-corrected chi connectivity index (χ3v) is 6.76. The van der Waals surface area contributed by atoms with Crippen molar-refractivity contribution < 1.29 is 22.7 Å². The standard InChI is InChI=1S/C23H28N2O5S/c1-16(2)22(25-31(28,29)18-11-4-3-5-12-18)23(27)30-15-21(26)24-20-14-8-10-17-9-6-7-13-19(17)20/h3-7,9,11-13,16,20,22,25H,8,10,14-15H2,1-2H3,(H,24,26)/t20-,22-/m0/s1. The lowest BCUT2D eigenvalue weighted by atomic mass is 9.88. The van der Waals surface area contributed by atoms with E-state index in [1.807, 2.05) is 18.2 Å². The van der Waals surface area contributed by atoms with Crippen LogP contribution in [0.5, 0.6) is 0 Å². The van der Waals surface area contributed by atoms with Crippen molar-refractivity contribution in [3.63, 3.8) is 0 Å². The summed E-state index contributed by atoms with van der Waals surface area (Å²) in [5.41, 5.74) is 2.30. The number of carbonyl (C=O) groups excluding carboxylic acids is 2. The Morgan fingerprint density at radius 1 is 1.06 bits per heavy atom. The summed E-state index contributed by atoms with van der Waals surface area (Å²) in [6.07, 6.45) is 2.77. The summed E-state index contributed by atoms with van der Waals surface area (Å²) in [5.74, 6) is -1.56. The molecule has 0 aromatic heterocycles. The van der Waals surface area contributed by atoms with E-state index in [4.69, 9.17) is 4.74 Å². The fourth-order valence-corrected chi connectivity index (χ4v) is 5.01. The molecule has 0 saturated carbocycles. The summed E-state index contributed by atoms with van der Waals surface area (Å²) in [7, 11) is -3.90. The van der Waals surface area contributed by atoms with Crippen molar-refractivity contribution in [1.29, 1.82) is 0 Å². The maximum atomic E-state index is 12.6. The van der Waals surface area contributed by atoms with Crippen molar-refractivity contribution in [1.82, 2.24) is 10.0 Å². The number of rotatable bonds is 8. The van der Waals surface area contributed by atoms with Crippen LogP contribution in [0, 0.1) is 5.92 Å². The Labute approximate surface area is 183 Å². The number of fused-ring (bicyclic) bond motifs is 1. The maximum Gasteiger partial charge on any atom is 0.324 e. The first-order chi connectivity index (χ1) is 14.8. The number of aryl methyl sites for hydroxylation is 1. The van der Waals surface area contributed by atoms with Crippen molar-refractivity contribution in [2.75, 3.05) is 6.61 Å². The Hall–Kier alpha value is -2.71. The largest absolute Gasteiger partial charge is 0.454 e. The van der Waals surface area contributed by atoms with E-state index in [-0.39, 0.29) is 16.9 Å². The number of ether oxygens (including phenoxy) is 1. The zero-order valence-electron chi connectivity index (χ0n) is 17.7. The molecule has 8 heteroatoms. The van der Waals surface area contributed by atoms with Gasteiger partial charge in [-0.25, -0.2) is 8.42 Å². The summed E-state index contributed by atoms with van der Waals surface area (Å²) in [5, 5.41) is 2.92. The van der Waals surface area contributed by atoms with Gasteiger partial charge in [-0.2, -0.15) is 4.72 Å². The Morgan fingerprint density at radius 3 is 2.45 bits per heavy atom. The van der Waals surface area contributed by atoms with E-state index in [1.54, 1.807) is 32.0 Å². The molecule has 2 atom stereocenters. The highest BCUT2D eigenvalue weighted by atomic mass is 32.2. The summed E-state index contributed by atoms with van der Waals surface area (Å²) in [6, 6.07) is 14.6.